The van der Waals surface area contributed by atoms with Crippen molar-refractivity contribution in [1.29, 1.82) is 0 Å². The minimum Gasteiger partial charge on any atom is -0.389 e. The predicted octanol–water partition coefficient (Wildman–Crippen LogP) is -0.774. The van der Waals surface area contributed by atoms with Gasteiger partial charge in [-0.1, -0.05) is 0 Å². The predicted molar refractivity (Wildman–Crippen MR) is 41.5 cm³/mol. The normalized spacial score (nSPS) is 30.4. The zero-order chi connectivity index (χ0) is 8.55. The van der Waals surface area contributed by atoms with Crippen LogP contribution in [0.5, 0.6) is 0 Å². The number of hydrogen-bond acceptors (Lipinski definition) is 3. The first-order valence-corrected chi connectivity index (χ1v) is 4.32. The summed E-state index contributed by atoms with van der Waals surface area (Å²) in [5.74, 6) is 0.204. The molecule has 4 nitrogen and oxygen atoms in total. The fourth-order valence-electron chi connectivity index (χ4n) is 1.62. The van der Waals surface area contributed by atoms with Gasteiger partial charge in [-0.2, -0.15) is 0 Å². The minimum atomic E-state index is -0.295. The molecule has 2 fully saturated rings. The van der Waals surface area contributed by atoms with Crippen molar-refractivity contribution in [2.24, 2.45) is 5.92 Å². The maximum Gasteiger partial charge on any atom is 0.228 e. The van der Waals surface area contributed by atoms with Crippen molar-refractivity contribution in [2.45, 2.75) is 12.5 Å². The molecule has 1 N–H and O–H groups in total. The van der Waals surface area contributed by atoms with Gasteiger partial charge in [0.05, 0.1) is 18.6 Å². The Morgan fingerprint density at radius 2 is 2.25 bits per heavy atom. The molecule has 2 heterocycles. The number of likely N-dealkylation sites (tertiary alicyclic amines) is 1. The van der Waals surface area contributed by atoms with Crippen molar-refractivity contribution in [2.75, 3.05) is 26.3 Å². The van der Waals surface area contributed by atoms with Crippen LogP contribution in [0.25, 0.3) is 0 Å². The number of nitrogens with zero attached hydrogens (tertiary/aromatic N) is 1. The minimum absolute atomic E-state index is 0.0532. The number of aliphatic hydroxyl groups is 1. The first-order valence-electron chi connectivity index (χ1n) is 4.32. The fourth-order valence-corrected chi connectivity index (χ4v) is 1.62. The molecule has 0 aromatic heterocycles. The van der Waals surface area contributed by atoms with E-state index in [1.54, 1.807) is 4.90 Å². The first-order chi connectivity index (χ1) is 5.77. The Morgan fingerprint density at radius 3 is 2.75 bits per heavy atom. The Balaban J connectivity index is 1.83. The van der Waals surface area contributed by atoms with Crippen LogP contribution in [-0.2, 0) is 9.53 Å². The van der Waals surface area contributed by atoms with Gasteiger partial charge in [-0.25, -0.2) is 0 Å². The fraction of sp³-hybridized carbons (Fsp3) is 0.875. The summed E-state index contributed by atoms with van der Waals surface area (Å²) >= 11 is 0. The van der Waals surface area contributed by atoms with E-state index in [1.165, 1.54) is 0 Å². The van der Waals surface area contributed by atoms with Crippen molar-refractivity contribution in [3.8, 4) is 0 Å². The molecule has 2 saturated heterocycles. The highest BCUT2D eigenvalue weighted by Gasteiger charge is 2.34. The molecule has 2 rings (SSSR count). The third-order valence-electron chi connectivity index (χ3n) is 2.45. The van der Waals surface area contributed by atoms with Crippen LogP contribution in [0.3, 0.4) is 0 Å². The Morgan fingerprint density at radius 1 is 1.50 bits per heavy atom. The molecule has 0 aliphatic carbocycles. The number of carbonyl (C=O) groups is 1. The van der Waals surface area contributed by atoms with Crippen molar-refractivity contribution < 1.29 is 14.6 Å². The van der Waals surface area contributed by atoms with Crippen LogP contribution in [-0.4, -0.2) is 48.3 Å². The van der Waals surface area contributed by atoms with Crippen molar-refractivity contribution in [3.63, 3.8) is 0 Å². The van der Waals surface area contributed by atoms with Gasteiger partial charge in [-0.3, -0.25) is 4.79 Å². The van der Waals surface area contributed by atoms with Crippen LogP contribution in [0.4, 0.5) is 0 Å². The first kappa shape index (κ1) is 8.01. The molecule has 0 spiro atoms. The summed E-state index contributed by atoms with van der Waals surface area (Å²) in [5, 5.41) is 8.98. The number of ether oxygens (including phenoxy) is 1. The second-order valence-corrected chi connectivity index (χ2v) is 3.46. The lowest BCUT2D eigenvalue weighted by atomic mass is 10.0. The van der Waals surface area contributed by atoms with Crippen LogP contribution < -0.4 is 0 Å². The standard InChI is InChI=1S/C8H13NO3/c10-7-3-9(4-7)8(11)6-1-2-12-5-6/h6-7,10H,1-5H2. The van der Waals surface area contributed by atoms with Crippen molar-refractivity contribution in [3.05, 3.63) is 0 Å². The van der Waals surface area contributed by atoms with Gasteiger partial charge in [0.2, 0.25) is 5.91 Å². The molecule has 68 valence electrons. The summed E-state index contributed by atoms with van der Waals surface area (Å²) in [4.78, 5) is 13.2. The van der Waals surface area contributed by atoms with Crippen molar-refractivity contribution >= 4 is 5.91 Å². The van der Waals surface area contributed by atoms with Gasteiger partial charge >= 0.3 is 0 Å². The van der Waals surface area contributed by atoms with Crippen LogP contribution in [0.15, 0.2) is 0 Å². The van der Waals surface area contributed by atoms with E-state index in [-0.39, 0.29) is 17.9 Å². The average molecular weight is 171 g/mol. The summed E-state index contributed by atoms with van der Waals surface area (Å²) in [7, 11) is 0. The molecular weight excluding hydrogens is 158 g/mol. The SMILES string of the molecule is O=C(C1CCOC1)N1CC(O)C1. The number of aliphatic hydroxyl groups excluding tert-OH is 1. The molecule has 1 unspecified atom stereocenters. The van der Waals surface area contributed by atoms with E-state index in [1.807, 2.05) is 0 Å². The summed E-state index contributed by atoms with van der Waals surface area (Å²) in [5.41, 5.74) is 0. The third kappa shape index (κ3) is 1.32. The molecule has 0 aromatic rings. The van der Waals surface area contributed by atoms with Crippen LogP contribution in [0.1, 0.15) is 6.42 Å². The molecule has 0 radical (unpaired) electrons. The summed E-state index contributed by atoms with van der Waals surface area (Å²) in [6.45, 7) is 2.28. The van der Waals surface area contributed by atoms with Gasteiger partial charge in [-0.05, 0) is 6.42 Å². The Kier molecular flexibility index (Phi) is 2.02. The Hall–Kier alpha value is -0.610. The molecule has 2 aliphatic rings. The van der Waals surface area contributed by atoms with Gasteiger partial charge in [0.15, 0.2) is 0 Å². The molecule has 4 heteroatoms. The zero-order valence-corrected chi connectivity index (χ0v) is 6.90. The van der Waals surface area contributed by atoms with E-state index in [4.69, 9.17) is 9.84 Å². The highest BCUT2D eigenvalue weighted by Crippen LogP contribution is 2.19. The second kappa shape index (κ2) is 3.03. The number of carbonyl (C=O) groups excluding carboxylic acids is 1. The van der Waals surface area contributed by atoms with Gasteiger partial charge in [-0.15, -0.1) is 0 Å². The number of amides is 1. The highest BCUT2D eigenvalue weighted by molar-refractivity contribution is 5.80. The Labute approximate surface area is 71.1 Å². The highest BCUT2D eigenvalue weighted by atomic mass is 16.5. The van der Waals surface area contributed by atoms with Crippen LogP contribution in [0.2, 0.25) is 0 Å². The number of rotatable bonds is 1. The molecule has 0 aromatic carbocycles. The average Bonchev–Trinajstić information content (AvgIpc) is 2.49. The lowest BCUT2D eigenvalue weighted by Gasteiger charge is -2.37. The van der Waals surface area contributed by atoms with E-state index in [9.17, 15) is 4.79 Å². The van der Waals surface area contributed by atoms with Gasteiger partial charge in [0.25, 0.3) is 0 Å². The Bertz CT molecular complexity index is 183. The van der Waals surface area contributed by atoms with Gasteiger partial charge < -0.3 is 14.7 Å². The lowest BCUT2D eigenvalue weighted by molar-refractivity contribution is -0.145. The third-order valence-corrected chi connectivity index (χ3v) is 2.45. The van der Waals surface area contributed by atoms with Crippen LogP contribution in [0, 0.1) is 5.92 Å². The lowest BCUT2D eigenvalue weighted by Crippen LogP contribution is -2.55. The summed E-state index contributed by atoms with van der Waals surface area (Å²) < 4.78 is 5.11. The number of hydrogen-bond donors (Lipinski definition) is 1. The molecule has 12 heavy (non-hydrogen) atoms. The monoisotopic (exact) mass is 171 g/mol. The van der Waals surface area contributed by atoms with Gasteiger partial charge in [0.1, 0.15) is 0 Å². The smallest absolute Gasteiger partial charge is 0.228 e. The largest absolute Gasteiger partial charge is 0.389 e. The van der Waals surface area contributed by atoms with E-state index in [0.29, 0.717) is 26.3 Å². The maximum absolute atomic E-state index is 11.5. The van der Waals surface area contributed by atoms with E-state index < -0.39 is 0 Å². The van der Waals surface area contributed by atoms with Crippen LogP contribution >= 0.6 is 0 Å². The van der Waals surface area contributed by atoms with Gasteiger partial charge in [0, 0.05) is 19.7 Å². The molecule has 1 amide bonds. The molecular formula is C8H13NO3. The molecule has 0 bridgehead atoms. The molecule has 0 saturated carbocycles. The zero-order valence-electron chi connectivity index (χ0n) is 6.90. The summed E-state index contributed by atoms with van der Waals surface area (Å²) in [6.07, 6.45) is 0.544. The van der Waals surface area contributed by atoms with E-state index in [0.717, 1.165) is 6.42 Å². The molecule has 2 aliphatic heterocycles. The van der Waals surface area contributed by atoms with Crippen molar-refractivity contribution in [1.82, 2.24) is 4.90 Å². The van der Waals surface area contributed by atoms with E-state index in [2.05, 4.69) is 0 Å². The topological polar surface area (TPSA) is 49.8 Å². The maximum atomic E-state index is 11.5. The quantitative estimate of drug-likeness (QED) is 0.563. The summed E-state index contributed by atoms with van der Waals surface area (Å²) in [6, 6.07) is 0. The van der Waals surface area contributed by atoms with E-state index >= 15 is 0 Å². The second-order valence-electron chi connectivity index (χ2n) is 3.46. The molecule has 1 atom stereocenters. The number of β-amino-alcohol motifs (C(OH)–C–C–N with tert-alkyl or cyclic N) is 1.